The minimum absolute atomic E-state index is 0.495. The molecule has 1 N–H and O–H groups in total. The van der Waals surface area contributed by atoms with Crippen molar-refractivity contribution in [2.24, 2.45) is 11.8 Å². The summed E-state index contributed by atoms with van der Waals surface area (Å²) in [6, 6.07) is 0.495. The van der Waals surface area contributed by atoms with Crippen LogP contribution in [0.2, 0.25) is 0 Å². The lowest BCUT2D eigenvalue weighted by Crippen LogP contribution is -2.23. The second-order valence-electron chi connectivity index (χ2n) is 3.40. The molecule has 0 aromatic heterocycles. The molecule has 2 nitrogen and oxygen atoms in total. The molecule has 0 spiro atoms. The van der Waals surface area contributed by atoms with Crippen molar-refractivity contribution < 1.29 is 4.84 Å². The molecule has 0 aromatic carbocycles. The summed E-state index contributed by atoms with van der Waals surface area (Å²) in [7, 11) is 0. The van der Waals surface area contributed by atoms with Gasteiger partial charge in [-0.15, -0.1) is 5.48 Å². The molecule has 56 valence electrons. The summed E-state index contributed by atoms with van der Waals surface area (Å²) in [6.07, 6.45) is 3.53. The van der Waals surface area contributed by atoms with E-state index in [4.69, 9.17) is 4.84 Å². The lowest BCUT2D eigenvalue weighted by molar-refractivity contribution is 0.111. The van der Waals surface area contributed by atoms with Crippen molar-refractivity contribution in [1.82, 2.24) is 5.48 Å². The molecule has 0 saturated heterocycles. The molecular weight excluding hydrogens is 126 g/mol. The first-order chi connectivity index (χ1) is 4.77. The summed E-state index contributed by atoms with van der Waals surface area (Å²) >= 11 is 0. The van der Waals surface area contributed by atoms with Gasteiger partial charge in [-0.1, -0.05) is 6.92 Å². The summed E-state index contributed by atoms with van der Waals surface area (Å²) in [5.41, 5.74) is 3.01. The van der Waals surface area contributed by atoms with Gasteiger partial charge in [-0.2, -0.15) is 0 Å². The number of hydrogen-bond acceptors (Lipinski definition) is 2. The van der Waals surface area contributed by atoms with E-state index in [1.54, 1.807) is 0 Å². The Morgan fingerprint density at radius 2 is 2.40 bits per heavy atom. The molecule has 3 atom stereocenters. The van der Waals surface area contributed by atoms with Gasteiger partial charge in [0, 0.05) is 0 Å². The van der Waals surface area contributed by atoms with Crippen LogP contribution in [0.1, 0.15) is 20.3 Å². The lowest BCUT2D eigenvalue weighted by Gasteiger charge is -2.04. The van der Waals surface area contributed by atoms with E-state index in [2.05, 4.69) is 18.5 Å². The van der Waals surface area contributed by atoms with Crippen LogP contribution in [0.5, 0.6) is 0 Å². The third-order valence-corrected chi connectivity index (χ3v) is 2.40. The third kappa shape index (κ3) is 0.926. The van der Waals surface area contributed by atoms with Gasteiger partial charge in [0.1, 0.15) is 5.76 Å². The average molecular weight is 139 g/mol. The molecule has 1 heterocycles. The minimum atomic E-state index is 0.495. The monoisotopic (exact) mass is 139 g/mol. The number of allylic oxidation sites excluding steroid dienone is 1. The Morgan fingerprint density at radius 3 is 2.80 bits per heavy atom. The second-order valence-corrected chi connectivity index (χ2v) is 3.40. The molecule has 3 unspecified atom stereocenters. The molecular formula is C8H13NO. The molecule has 2 aliphatic rings. The van der Waals surface area contributed by atoms with Gasteiger partial charge >= 0.3 is 0 Å². The van der Waals surface area contributed by atoms with Crippen LogP contribution in [0.3, 0.4) is 0 Å². The van der Waals surface area contributed by atoms with Crippen LogP contribution in [0.4, 0.5) is 0 Å². The Balaban J connectivity index is 1.96. The van der Waals surface area contributed by atoms with E-state index in [1.165, 1.54) is 6.42 Å². The van der Waals surface area contributed by atoms with Gasteiger partial charge in [0.2, 0.25) is 0 Å². The third-order valence-electron chi connectivity index (χ3n) is 2.40. The largest absolute Gasteiger partial charge is 0.413 e. The van der Waals surface area contributed by atoms with Crippen LogP contribution in [-0.2, 0) is 4.84 Å². The van der Waals surface area contributed by atoms with E-state index < -0.39 is 0 Å². The van der Waals surface area contributed by atoms with Gasteiger partial charge in [0.25, 0.3) is 0 Å². The molecule has 0 radical (unpaired) electrons. The molecule has 10 heavy (non-hydrogen) atoms. The van der Waals surface area contributed by atoms with Crippen molar-refractivity contribution in [2.45, 2.75) is 26.3 Å². The van der Waals surface area contributed by atoms with E-state index in [1.807, 2.05) is 6.92 Å². The summed E-state index contributed by atoms with van der Waals surface area (Å²) in [4.78, 5) is 5.13. The lowest BCUT2D eigenvalue weighted by atomic mass is 10.1. The van der Waals surface area contributed by atoms with Crippen molar-refractivity contribution in [2.75, 3.05) is 0 Å². The Kier molecular flexibility index (Phi) is 1.24. The van der Waals surface area contributed by atoms with Crippen molar-refractivity contribution in [3.8, 4) is 0 Å². The molecule has 1 fully saturated rings. The number of rotatable bonds is 1. The SMILES string of the molecule is CC1=CC(C2CC2C)NO1. The maximum atomic E-state index is 5.13. The number of hydroxylamine groups is 1. The van der Waals surface area contributed by atoms with E-state index in [-0.39, 0.29) is 0 Å². The van der Waals surface area contributed by atoms with Crippen LogP contribution >= 0.6 is 0 Å². The predicted molar refractivity (Wildman–Crippen MR) is 39.0 cm³/mol. The standard InChI is InChI=1S/C8H13NO/c1-5-3-7(5)8-4-6(2)10-9-8/h4-5,7-9H,3H2,1-2H3. The molecule has 1 aliphatic heterocycles. The Bertz CT molecular complexity index is 176. The van der Waals surface area contributed by atoms with Crippen molar-refractivity contribution in [3.05, 3.63) is 11.8 Å². The van der Waals surface area contributed by atoms with Crippen LogP contribution in [0.25, 0.3) is 0 Å². The van der Waals surface area contributed by atoms with E-state index in [0.717, 1.165) is 17.6 Å². The zero-order valence-corrected chi connectivity index (χ0v) is 6.42. The predicted octanol–water partition coefficient (Wildman–Crippen LogP) is 1.45. The van der Waals surface area contributed by atoms with Gasteiger partial charge in [0.15, 0.2) is 0 Å². The highest BCUT2D eigenvalue weighted by Gasteiger charge is 2.40. The quantitative estimate of drug-likeness (QED) is 0.593. The number of nitrogens with one attached hydrogen (secondary N) is 1. The molecule has 0 aromatic rings. The Labute approximate surface area is 61.2 Å². The highest BCUT2D eigenvalue weighted by molar-refractivity contribution is 5.08. The minimum Gasteiger partial charge on any atom is -0.413 e. The van der Waals surface area contributed by atoms with Crippen LogP contribution in [0.15, 0.2) is 11.8 Å². The first-order valence-electron chi connectivity index (χ1n) is 3.88. The maximum Gasteiger partial charge on any atom is 0.118 e. The normalized spacial score (nSPS) is 44.6. The maximum absolute atomic E-state index is 5.13. The number of hydrogen-bond donors (Lipinski definition) is 1. The fraction of sp³-hybridized carbons (Fsp3) is 0.750. The van der Waals surface area contributed by atoms with Gasteiger partial charge in [-0.25, -0.2) is 0 Å². The highest BCUT2D eigenvalue weighted by Crippen LogP contribution is 2.42. The van der Waals surface area contributed by atoms with E-state index in [0.29, 0.717) is 6.04 Å². The summed E-state index contributed by atoms with van der Waals surface area (Å²) in [5, 5.41) is 0. The van der Waals surface area contributed by atoms with E-state index in [9.17, 15) is 0 Å². The summed E-state index contributed by atoms with van der Waals surface area (Å²) in [6.45, 7) is 4.27. The zero-order valence-electron chi connectivity index (χ0n) is 6.42. The van der Waals surface area contributed by atoms with Crippen molar-refractivity contribution in [3.63, 3.8) is 0 Å². The van der Waals surface area contributed by atoms with Gasteiger partial charge < -0.3 is 4.84 Å². The Morgan fingerprint density at radius 1 is 1.70 bits per heavy atom. The molecule has 2 heteroatoms. The smallest absolute Gasteiger partial charge is 0.118 e. The van der Waals surface area contributed by atoms with Gasteiger partial charge in [0.05, 0.1) is 6.04 Å². The fourth-order valence-corrected chi connectivity index (χ4v) is 1.54. The topological polar surface area (TPSA) is 21.3 Å². The van der Waals surface area contributed by atoms with Crippen LogP contribution in [0, 0.1) is 11.8 Å². The average Bonchev–Trinajstić information content (AvgIpc) is 2.42. The molecule has 2 rings (SSSR count). The second kappa shape index (κ2) is 1.99. The van der Waals surface area contributed by atoms with Crippen LogP contribution in [-0.4, -0.2) is 6.04 Å². The van der Waals surface area contributed by atoms with Crippen molar-refractivity contribution >= 4 is 0 Å². The van der Waals surface area contributed by atoms with Gasteiger partial charge in [-0.05, 0) is 31.3 Å². The summed E-state index contributed by atoms with van der Waals surface area (Å²) < 4.78 is 0. The van der Waals surface area contributed by atoms with E-state index >= 15 is 0 Å². The molecule has 0 bridgehead atoms. The first-order valence-corrected chi connectivity index (χ1v) is 3.88. The molecule has 0 amide bonds. The molecule has 1 aliphatic carbocycles. The fourth-order valence-electron chi connectivity index (χ4n) is 1.54. The first kappa shape index (κ1) is 6.23. The highest BCUT2D eigenvalue weighted by atomic mass is 16.7. The zero-order chi connectivity index (χ0) is 7.14. The van der Waals surface area contributed by atoms with Gasteiger partial charge in [-0.3, -0.25) is 0 Å². The van der Waals surface area contributed by atoms with Crippen molar-refractivity contribution in [1.29, 1.82) is 0 Å². The Hall–Kier alpha value is -0.500. The molecule has 1 saturated carbocycles. The van der Waals surface area contributed by atoms with Crippen LogP contribution < -0.4 is 5.48 Å². The summed E-state index contributed by atoms with van der Waals surface area (Å²) in [5.74, 6) is 2.74.